The molecule has 0 bridgehead atoms. The fraction of sp³-hybridized carbons (Fsp3) is 0. The minimum atomic E-state index is -4.27. The second-order valence-corrected chi connectivity index (χ2v) is 3.98. The van der Waals surface area contributed by atoms with E-state index in [1.165, 1.54) is 12.1 Å². The third-order valence-electron chi connectivity index (χ3n) is 1.25. The van der Waals surface area contributed by atoms with Crippen LogP contribution in [0.4, 0.5) is 5.69 Å². The Morgan fingerprint density at radius 1 is 1.38 bits per heavy atom. The van der Waals surface area contributed by atoms with E-state index in [-0.39, 0.29) is 45.2 Å². The van der Waals surface area contributed by atoms with Gasteiger partial charge in [0.05, 0.1) is 5.69 Å². The van der Waals surface area contributed by atoms with Gasteiger partial charge in [0.15, 0.2) is 0 Å². The van der Waals surface area contributed by atoms with Crippen molar-refractivity contribution in [3.8, 4) is 0 Å². The van der Waals surface area contributed by atoms with Gasteiger partial charge in [0.25, 0.3) is 10.1 Å². The van der Waals surface area contributed by atoms with Crippen molar-refractivity contribution >= 4 is 57.0 Å². The van der Waals surface area contributed by atoms with Crippen LogP contribution in [0, 0.1) is 0 Å². The van der Waals surface area contributed by atoms with Crippen molar-refractivity contribution in [3.63, 3.8) is 0 Å². The Morgan fingerprint density at radius 2 is 1.92 bits per heavy atom. The summed E-state index contributed by atoms with van der Waals surface area (Å²) < 4.78 is 29.9. The third-order valence-corrected chi connectivity index (χ3v) is 2.40. The first-order valence-corrected chi connectivity index (χ1v) is 4.75. The summed E-state index contributed by atoms with van der Waals surface area (Å²) in [5.74, 6) is 0. The van der Waals surface area contributed by atoms with Gasteiger partial charge in [-0.3, -0.25) is 4.55 Å². The minimum Gasteiger partial charge on any atom is -0.398 e. The van der Waals surface area contributed by atoms with E-state index in [4.69, 9.17) is 21.9 Å². The molecule has 0 saturated heterocycles. The molecule has 0 aliphatic carbocycles. The molecule has 1 rings (SSSR count). The Bertz CT molecular complexity index is 406. The maximum atomic E-state index is 10.6. The molecule has 0 aliphatic heterocycles. The quantitative estimate of drug-likeness (QED) is 0.425. The first kappa shape index (κ1) is 13.2. The monoisotopic (exact) mass is 230 g/mol. The van der Waals surface area contributed by atoms with Crippen molar-refractivity contribution in [2.75, 3.05) is 5.73 Å². The maximum Gasteiger partial charge on any atom is 0.296 e. The van der Waals surface area contributed by atoms with E-state index in [1.54, 1.807) is 0 Å². The second kappa shape index (κ2) is 4.63. The molecule has 0 aromatic heterocycles. The van der Waals surface area contributed by atoms with Gasteiger partial charge in [-0.15, -0.1) is 0 Å². The summed E-state index contributed by atoms with van der Waals surface area (Å²) in [4.78, 5) is -0.366. The number of nitrogen functional groups attached to an aromatic ring is 1. The first-order valence-electron chi connectivity index (χ1n) is 2.94. The molecule has 1 aromatic rings. The number of halogens is 1. The van der Waals surface area contributed by atoms with Gasteiger partial charge < -0.3 is 5.73 Å². The molecule has 0 spiro atoms. The Hall–Kier alpha value is 0.220. The van der Waals surface area contributed by atoms with Crippen LogP contribution in [-0.2, 0) is 10.1 Å². The minimum absolute atomic E-state index is 0. The normalized spacial score (nSPS) is 10.6. The summed E-state index contributed by atoms with van der Waals surface area (Å²) in [7, 11) is -4.27. The third kappa shape index (κ3) is 3.46. The second-order valence-electron chi connectivity index (χ2n) is 2.16. The van der Waals surface area contributed by atoms with Gasteiger partial charge in [0.1, 0.15) is 4.90 Å². The molecule has 7 heteroatoms. The van der Waals surface area contributed by atoms with Gasteiger partial charge in [-0.25, -0.2) is 0 Å². The van der Waals surface area contributed by atoms with Crippen molar-refractivity contribution in [1.82, 2.24) is 0 Å². The number of hydrogen-bond donors (Lipinski definition) is 2. The van der Waals surface area contributed by atoms with Crippen molar-refractivity contribution in [2.45, 2.75) is 4.90 Å². The van der Waals surface area contributed by atoms with E-state index in [0.717, 1.165) is 6.07 Å². The molecule has 0 unspecified atom stereocenters. The smallest absolute Gasteiger partial charge is 0.296 e. The average Bonchev–Trinajstić information content (AvgIpc) is 1.92. The van der Waals surface area contributed by atoms with Crippen molar-refractivity contribution in [1.29, 1.82) is 0 Å². The number of hydrogen-bond acceptors (Lipinski definition) is 3. The van der Waals surface area contributed by atoms with E-state index in [2.05, 4.69) is 0 Å². The van der Waals surface area contributed by atoms with Gasteiger partial charge in [-0.05, 0) is 18.2 Å². The van der Waals surface area contributed by atoms with Crippen LogP contribution in [0.1, 0.15) is 0 Å². The first-order chi connectivity index (χ1) is 5.41. The molecule has 1 aromatic carbocycles. The van der Waals surface area contributed by atoms with E-state index in [1.807, 2.05) is 0 Å². The van der Waals surface area contributed by atoms with Crippen molar-refractivity contribution in [3.05, 3.63) is 23.2 Å². The fourth-order valence-corrected chi connectivity index (χ4v) is 1.61. The van der Waals surface area contributed by atoms with E-state index < -0.39 is 10.1 Å². The molecule has 0 aliphatic rings. The van der Waals surface area contributed by atoms with Gasteiger partial charge in [-0.1, -0.05) is 11.6 Å². The van der Waals surface area contributed by atoms with Gasteiger partial charge in [-0.2, -0.15) is 8.42 Å². The molecule has 1 radical (unpaired) electrons. The van der Waals surface area contributed by atoms with Gasteiger partial charge in [0.2, 0.25) is 0 Å². The zero-order valence-electron chi connectivity index (χ0n) is 6.86. The molecule has 0 heterocycles. The van der Waals surface area contributed by atoms with Gasteiger partial charge >= 0.3 is 0 Å². The zero-order valence-corrected chi connectivity index (χ0v) is 10.4. The molecule has 0 atom stereocenters. The van der Waals surface area contributed by atoms with E-state index in [9.17, 15) is 8.42 Å². The molecule has 3 N–H and O–H groups in total. The molecule has 0 saturated carbocycles. The molecular weight excluding hydrogens is 225 g/mol. The molecule has 13 heavy (non-hydrogen) atoms. The van der Waals surface area contributed by atoms with Crippen LogP contribution in [0.15, 0.2) is 23.1 Å². The number of benzene rings is 1. The van der Waals surface area contributed by atoms with Crippen LogP contribution in [-0.4, -0.2) is 42.5 Å². The summed E-state index contributed by atoms with van der Waals surface area (Å²) in [5.41, 5.74) is 5.25. The van der Waals surface area contributed by atoms with Crippen LogP contribution < -0.4 is 5.73 Å². The summed E-state index contributed by atoms with van der Waals surface area (Å²) in [6.07, 6.45) is 0. The van der Waals surface area contributed by atoms with Crippen molar-refractivity contribution < 1.29 is 13.0 Å². The number of rotatable bonds is 1. The summed E-state index contributed by atoms with van der Waals surface area (Å²) >= 11 is 5.49. The predicted octanol–water partition coefficient (Wildman–Crippen LogP) is 0.788. The molecule has 0 fully saturated rings. The Kier molecular flexibility index (Phi) is 4.71. The van der Waals surface area contributed by atoms with Crippen LogP contribution >= 0.6 is 11.6 Å². The largest absolute Gasteiger partial charge is 0.398 e. The molecule has 4 nitrogen and oxygen atoms in total. The van der Waals surface area contributed by atoms with E-state index >= 15 is 0 Å². The van der Waals surface area contributed by atoms with Crippen LogP contribution in [0.2, 0.25) is 5.02 Å². The van der Waals surface area contributed by atoms with Crippen LogP contribution in [0.25, 0.3) is 0 Å². The standard InChI is InChI=1S/C6H6ClNO3S.Na/c7-4-1-2-5(8)6(3-4)12(9,10)11;/h1-3H,8H2,(H,9,10,11);. The fourth-order valence-electron chi connectivity index (χ4n) is 0.732. The topological polar surface area (TPSA) is 80.4 Å². The Balaban J connectivity index is 0.00000144. The SMILES string of the molecule is Nc1ccc(Cl)cc1S(=O)(=O)O.[Na]. The molecule has 0 amide bonds. The average molecular weight is 231 g/mol. The Labute approximate surface area is 103 Å². The number of nitrogens with two attached hydrogens (primary N) is 1. The van der Waals surface area contributed by atoms with Crippen molar-refractivity contribution in [2.24, 2.45) is 0 Å². The predicted molar refractivity (Wildman–Crippen MR) is 51.4 cm³/mol. The summed E-state index contributed by atoms with van der Waals surface area (Å²) in [5, 5.41) is 0.205. The summed E-state index contributed by atoms with van der Waals surface area (Å²) in [6.45, 7) is 0. The zero-order chi connectivity index (χ0) is 9.35. The van der Waals surface area contributed by atoms with Crippen LogP contribution in [0.5, 0.6) is 0 Å². The van der Waals surface area contributed by atoms with E-state index in [0.29, 0.717) is 0 Å². The molecule has 67 valence electrons. The van der Waals surface area contributed by atoms with Crippen LogP contribution in [0.3, 0.4) is 0 Å². The Morgan fingerprint density at radius 3 is 2.31 bits per heavy atom. The van der Waals surface area contributed by atoms with Gasteiger partial charge in [0, 0.05) is 34.6 Å². The molecular formula is C6H6ClNNaO3S. The maximum absolute atomic E-state index is 10.6. The summed E-state index contributed by atoms with van der Waals surface area (Å²) in [6, 6.07) is 3.84. The number of anilines is 1.